The number of nitrogens with zero attached hydrogens (tertiary/aromatic N) is 2. The molecule has 1 aromatic heterocycles. The number of carbonyl (C=O) groups excluding carboxylic acids is 1. The predicted molar refractivity (Wildman–Crippen MR) is 90.8 cm³/mol. The largest absolute Gasteiger partial charge is 0.458 e. The molecule has 0 aliphatic rings. The van der Waals surface area contributed by atoms with E-state index in [1.807, 2.05) is 31.2 Å². The van der Waals surface area contributed by atoms with Crippen molar-refractivity contribution in [1.82, 2.24) is 10.2 Å². The smallest absolute Gasteiger partial charge is 0.338 e. The van der Waals surface area contributed by atoms with Crippen LogP contribution in [0.1, 0.15) is 28.7 Å². The van der Waals surface area contributed by atoms with E-state index in [9.17, 15) is 9.90 Å². The Morgan fingerprint density at radius 3 is 2.48 bits per heavy atom. The van der Waals surface area contributed by atoms with Gasteiger partial charge in [0, 0.05) is 5.56 Å². The molecule has 0 radical (unpaired) electrons. The average molecular weight is 338 g/mol. The maximum atomic E-state index is 12.0. The average Bonchev–Trinajstić information content (AvgIpc) is 3.12. The van der Waals surface area contributed by atoms with Crippen molar-refractivity contribution in [2.45, 2.75) is 19.4 Å². The minimum atomic E-state index is -1.58. The standard InChI is InChI=1S/C19H18N2O4/c1-13-8-10-14(11-9-13)16-20-21-18(25-16)19(2,23)12-24-17(22)15-6-4-3-5-7-15/h3-11,23H,12H2,1-2H3. The molecule has 1 unspecified atom stereocenters. The number of aliphatic hydroxyl groups is 1. The predicted octanol–water partition coefficient (Wildman–Crippen LogP) is 3.11. The minimum absolute atomic E-state index is 0.0102. The van der Waals surface area contributed by atoms with Crippen molar-refractivity contribution in [2.24, 2.45) is 0 Å². The highest BCUT2D eigenvalue weighted by Crippen LogP contribution is 2.25. The van der Waals surface area contributed by atoms with Crippen molar-refractivity contribution in [3.8, 4) is 11.5 Å². The first-order valence-corrected chi connectivity index (χ1v) is 7.81. The van der Waals surface area contributed by atoms with E-state index in [4.69, 9.17) is 9.15 Å². The Bertz CT molecular complexity index is 855. The van der Waals surface area contributed by atoms with E-state index in [1.54, 1.807) is 30.3 Å². The molecule has 1 N–H and O–H groups in total. The van der Waals surface area contributed by atoms with E-state index in [0.29, 0.717) is 11.5 Å². The van der Waals surface area contributed by atoms with Gasteiger partial charge in [-0.1, -0.05) is 35.9 Å². The second kappa shape index (κ2) is 6.86. The minimum Gasteiger partial charge on any atom is -0.458 e. The topological polar surface area (TPSA) is 85.5 Å². The lowest BCUT2D eigenvalue weighted by Crippen LogP contribution is -2.29. The monoisotopic (exact) mass is 338 g/mol. The molecule has 0 spiro atoms. The zero-order valence-electron chi connectivity index (χ0n) is 14.0. The van der Waals surface area contributed by atoms with Gasteiger partial charge in [0.2, 0.25) is 5.89 Å². The van der Waals surface area contributed by atoms with E-state index < -0.39 is 11.6 Å². The number of aromatic nitrogens is 2. The van der Waals surface area contributed by atoms with Crippen LogP contribution in [0.2, 0.25) is 0 Å². The Labute approximate surface area is 145 Å². The summed E-state index contributed by atoms with van der Waals surface area (Å²) in [5.41, 5.74) is 0.689. The molecule has 3 aromatic rings. The van der Waals surface area contributed by atoms with Gasteiger partial charge in [-0.05, 0) is 38.1 Å². The molecule has 0 amide bonds. The summed E-state index contributed by atoms with van der Waals surface area (Å²) in [6.07, 6.45) is 0. The van der Waals surface area contributed by atoms with Crippen LogP contribution in [0.3, 0.4) is 0 Å². The number of benzene rings is 2. The van der Waals surface area contributed by atoms with Crippen LogP contribution in [0.15, 0.2) is 59.0 Å². The third-order valence-corrected chi connectivity index (χ3v) is 3.68. The van der Waals surface area contributed by atoms with Gasteiger partial charge < -0.3 is 14.3 Å². The van der Waals surface area contributed by atoms with Crippen molar-refractivity contribution in [2.75, 3.05) is 6.61 Å². The van der Waals surface area contributed by atoms with Gasteiger partial charge in [-0.3, -0.25) is 0 Å². The first-order chi connectivity index (χ1) is 12.0. The number of aryl methyl sites for hydroxylation is 1. The van der Waals surface area contributed by atoms with Crippen molar-refractivity contribution in [3.05, 3.63) is 71.6 Å². The fourth-order valence-corrected chi connectivity index (χ4v) is 2.18. The SMILES string of the molecule is Cc1ccc(-c2nnc(C(C)(O)COC(=O)c3ccccc3)o2)cc1. The number of hydrogen-bond acceptors (Lipinski definition) is 6. The quantitative estimate of drug-likeness (QED) is 0.720. The van der Waals surface area contributed by atoms with Crippen LogP contribution in [-0.2, 0) is 10.3 Å². The van der Waals surface area contributed by atoms with Gasteiger partial charge in [0.25, 0.3) is 5.89 Å². The molecule has 0 aliphatic carbocycles. The van der Waals surface area contributed by atoms with Crippen molar-refractivity contribution in [3.63, 3.8) is 0 Å². The van der Waals surface area contributed by atoms with Crippen LogP contribution < -0.4 is 0 Å². The normalized spacial score (nSPS) is 13.2. The van der Waals surface area contributed by atoms with Crippen LogP contribution >= 0.6 is 0 Å². The van der Waals surface area contributed by atoms with Gasteiger partial charge in [-0.25, -0.2) is 4.79 Å². The van der Waals surface area contributed by atoms with Crippen molar-refractivity contribution in [1.29, 1.82) is 0 Å². The van der Waals surface area contributed by atoms with Crippen molar-refractivity contribution < 1.29 is 19.1 Å². The molecule has 2 aromatic carbocycles. The summed E-state index contributed by atoms with van der Waals surface area (Å²) >= 11 is 0. The van der Waals surface area contributed by atoms with Gasteiger partial charge >= 0.3 is 5.97 Å². The highest BCUT2D eigenvalue weighted by molar-refractivity contribution is 5.89. The van der Waals surface area contributed by atoms with Crippen LogP contribution in [-0.4, -0.2) is 27.9 Å². The van der Waals surface area contributed by atoms with Crippen LogP contribution in [0.5, 0.6) is 0 Å². The number of carbonyl (C=O) groups is 1. The number of hydrogen-bond donors (Lipinski definition) is 1. The summed E-state index contributed by atoms with van der Waals surface area (Å²) in [6.45, 7) is 3.14. The second-order valence-electron chi connectivity index (χ2n) is 5.99. The molecule has 0 bridgehead atoms. The van der Waals surface area contributed by atoms with Gasteiger partial charge in [0.15, 0.2) is 5.60 Å². The van der Waals surface area contributed by atoms with E-state index in [-0.39, 0.29) is 12.5 Å². The van der Waals surface area contributed by atoms with Gasteiger partial charge in [-0.15, -0.1) is 10.2 Å². The fourth-order valence-electron chi connectivity index (χ4n) is 2.18. The fraction of sp³-hybridized carbons (Fsp3) is 0.211. The molecule has 1 heterocycles. The van der Waals surface area contributed by atoms with E-state index in [0.717, 1.165) is 11.1 Å². The third kappa shape index (κ3) is 3.92. The molecule has 25 heavy (non-hydrogen) atoms. The molecule has 0 aliphatic heterocycles. The summed E-state index contributed by atoms with van der Waals surface area (Å²) in [6, 6.07) is 16.1. The van der Waals surface area contributed by atoms with Gasteiger partial charge in [0.1, 0.15) is 6.61 Å². The first-order valence-electron chi connectivity index (χ1n) is 7.81. The summed E-state index contributed by atoms with van der Waals surface area (Å²) in [4.78, 5) is 12.0. The molecule has 0 saturated carbocycles. The van der Waals surface area contributed by atoms with E-state index in [2.05, 4.69) is 10.2 Å². The second-order valence-corrected chi connectivity index (χ2v) is 5.99. The number of ether oxygens (including phenoxy) is 1. The van der Waals surface area contributed by atoms with Crippen molar-refractivity contribution >= 4 is 5.97 Å². The van der Waals surface area contributed by atoms with Crippen LogP contribution in [0, 0.1) is 6.92 Å². The van der Waals surface area contributed by atoms with E-state index in [1.165, 1.54) is 6.92 Å². The third-order valence-electron chi connectivity index (χ3n) is 3.68. The molecule has 0 fully saturated rings. The van der Waals surface area contributed by atoms with Crippen LogP contribution in [0.25, 0.3) is 11.5 Å². The molecule has 1 atom stereocenters. The Morgan fingerprint density at radius 1 is 1.12 bits per heavy atom. The molecule has 6 nitrogen and oxygen atoms in total. The Kier molecular flexibility index (Phi) is 4.63. The zero-order valence-corrected chi connectivity index (χ0v) is 14.0. The highest BCUT2D eigenvalue weighted by atomic mass is 16.5. The number of rotatable bonds is 5. The maximum Gasteiger partial charge on any atom is 0.338 e. The Hall–Kier alpha value is -2.99. The Morgan fingerprint density at radius 2 is 1.80 bits per heavy atom. The Balaban J connectivity index is 1.70. The zero-order chi connectivity index (χ0) is 17.9. The first kappa shape index (κ1) is 16.9. The van der Waals surface area contributed by atoms with Gasteiger partial charge in [-0.2, -0.15) is 0 Å². The summed E-state index contributed by atoms with van der Waals surface area (Å²) in [5.74, 6) is -0.243. The molecule has 3 rings (SSSR count). The maximum absolute atomic E-state index is 12.0. The molecular weight excluding hydrogens is 320 g/mol. The summed E-state index contributed by atoms with van der Waals surface area (Å²) in [5, 5.41) is 18.3. The van der Waals surface area contributed by atoms with Crippen LogP contribution in [0.4, 0.5) is 0 Å². The molecule has 0 saturated heterocycles. The molecular formula is C19H18N2O4. The van der Waals surface area contributed by atoms with E-state index >= 15 is 0 Å². The summed E-state index contributed by atoms with van der Waals surface area (Å²) < 4.78 is 10.7. The van der Waals surface area contributed by atoms with Gasteiger partial charge in [0.05, 0.1) is 5.56 Å². The lowest BCUT2D eigenvalue weighted by molar-refractivity contribution is -0.0392. The summed E-state index contributed by atoms with van der Waals surface area (Å²) in [7, 11) is 0. The molecule has 128 valence electrons. The highest BCUT2D eigenvalue weighted by Gasteiger charge is 2.32. The number of esters is 1. The lowest BCUT2D eigenvalue weighted by Gasteiger charge is -2.18. The lowest BCUT2D eigenvalue weighted by atomic mass is 10.1. The molecule has 6 heteroatoms.